The molecule has 1 unspecified atom stereocenters. The fourth-order valence-electron chi connectivity index (χ4n) is 3.56. The first-order chi connectivity index (χ1) is 13.5. The number of nitrogens with two attached hydrogens (primary N) is 1. The van der Waals surface area contributed by atoms with Crippen molar-refractivity contribution < 1.29 is 18.0 Å². The van der Waals surface area contributed by atoms with Crippen molar-refractivity contribution in [1.82, 2.24) is 4.98 Å². The molecule has 0 radical (unpaired) electrons. The zero-order valence-electron chi connectivity index (χ0n) is 17.7. The van der Waals surface area contributed by atoms with E-state index in [0.29, 0.717) is 29.5 Å². The lowest BCUT2D eigenvalue weighted by Crippen LogP contribution is -2.25. The van der Waals surface area contributed by atoms with Gasteiger partial charge in [-0.2, -0.15) is 18.2 Å². The Labute approximate surface area is 171 Å². The number of aromatic nitrogens is 1. The van der Waals surface area contributed by atoms with Crippen molar-refractivity contribution in [2.45, 2.75) is 78.3 Å². The van der Waals surface area contributed by atoms with Crippen molar-refractivity contribution in [3.8, 4) is 0 Å². The van der Waals surface area contributed by atoms with Gasteiger partial charge in [0.1, 0.15) is 11.5 Å². The molecule has 1 aliphatic rings. The summed E-state index contributed by atoms with van der Waals surface area (Å²) in [7, 11) is 0. The van der Waals surface area contributed by atoms with Crippen LogP contribution in [0.4, 0.5) is 13.2 Å². The highest BCUT2D eigenvalue weighted by molar-refractivity contribution is 6.05. The average molecular weight is 412 g/mol. The molecule has 0 saturated heterocycles. The normalized spacial score (nSPS) is 16.9. The number of carbonyl (C=O) groups is 1. The van der Waals surface area contributed by atoms with Crippen molar-refractivity contribution in [2.24, 2.45) is 28.5 Å². The molecule has 1 fully saturated rings. The molecule has 0 spiro atoms. The predicted octanol–water partition coefficient (Wildman–Crippen LogP) is 5.70. The van der Waals surface area contributed by atoms with Crippen LogP contribution in [0.15, 0.2) is 17.1 Å². The number of hydrogen-bond donors (Lipinski definition) is 1. The SMILES string of the molecule is CC(C)CCC(CC(C)C)C(=O)N=C(N)c1ccc(C(F)(F)F)nc1C1CCC1. The second kappa shape index (κ2) is 9.72. The van der Waals surface area contributed by atoms with Crippen LogP contribution in [0.3, 0.4) is 0 Å². The minimum absolute atomic E-state index is 0.0311. The minimum atomic E-state index is -4.52. The number of halogens is 3. The molecule has 7 heteroatoms. The highest BCUT2D eigenvalue weighted by Crippen LogP contribution is 2.38. The Hall–Kier alpha value is -1.92. The van der Waals surface area contributed by atoms with Crippen LogP contribution in [0.25, 0.3) is 0 Å². The molecule has 1 atom stereocenters. The van der Waals surface area contributed by atoms with Crippen molar-refractivity contribution in [2.75, 3.05) is 0 Å². The van der Waals surface area contributed by atoms with Gasteiger partial charge in [0.05, 0.1) is 5.69 Å². The van der Waals surface area contributed by atoms with Gasteiger partial charge in [0.15, 0.2) is 0 Å². The number of carbonyl (C=O) groups excluding carboxylic acids is 1. The van der Waals surface area contributed by atoms with Crippen LogP contribution < -0.4 is 5.73 Å². The number of amides is 1. The summed E-state index contributed by atoms with van der Waals surface area (Å²) in [5.41, 5.74) is 5.83. The van der Waals surface area contributed by atoms with Gasteiger partial charge in [-0.3, -0.25) is 4.79 Å². The quantitative estimate of drug-likeness (QED) is 0.441. The number of alkyl halides is 3. The van der Waals surface area contributed by atoms with E-state index in [-0.39, 0.29) is 23.6 Å². The standard InChI is InChI=1S/C22H32F3N3O/c1-13(2)8-9-16(12-14(3)4)21(29)28-20(26)17-10-11-18(22(23,24)25)27-19(17)15-6-5-7-15/h10-11,13-16H,5-9,12H2,1-4H3,(H2,26,28,29). The van der Waals surface area contributed by atoms with Gasteiger partial charge in [-0.05, 0) is 49.7 Å². The van der Waals surface area contributed by atoms with Crippen molar-refractivity contribution in [3.05, 3.63) is 29.1 Å². The smallest absolute Gasteiger partial charge is 0.383 e. The highest BCUT2D eigenvalue weighted by Gasteiger charge is 2.35. The number of aliphatic imine (C=N–C) groups is 1. The van der Waals surface area contributed by atoms with Gasteiger partial charge < -0.3 is 5.73 Å². The molecule has 1 aromatic rings. The summed E-state index contributed by atoms with van der Waals surface area (Å²) in [5.74, 6) is 0.190. The zero-order chi connectivity index (χ0) is 21.8. The number of pyridine rings is 1. The lowest BCUT2D eigenvalue weighted by Gasteiger charge is -2.27. The monoisotopic (exact) mass is 411 g/mol. The van der Waals surface area contributed by atoms with Crippen LogP contribution in [0.2, 0.25) is 0 Å². The third-order valence-corrected chi connectivity index (χ3v) is 5.41. The van der Waals surface area contributed by atoms with E-state index in [2.05, 4.69) is 37.7 Å². The van der Waals surface area contributed by atoms with E-state index in [1.54, 1.807) is 0 Å². The topological polar surface area (TPSA) is 68.3 Å². The second-order valence-corrected chi connectivity index (χ2v) is 8.89. The molecule has 162 valence electrons. The summed E-state index contributed by atoms with van der Waals surface area (Å²) in [5, 5.41) is 0. The largest absolute Gasteiger partial charge is 0.433 e. The Morgan fingerprint density at radius 3 is 2.31 bits per heavy atom. The third kappa shape index (κ3) is 6.54. The summed E-state index contributed by atoms with van der Waals surface area (Å²) in [4.78, 5) is 20.8. The van der Waals surface area contributed by atoms with E-state index < -0.39 is 11.9 Å². The maximum absolute atomic E-state index is 13.1. The fourth-order valence-corrected chi connectivity index (χ4v) is 3.56. The second-order valence-electron chi connectivity index (χ2n) is 8.89. The predicted molar refractivity (Wildman–Crippen MR) is 109 cm³/mol. The minimum Gasteiger partial charge on any atom is -0.383 e. The molecule has 2 N–H and O–H groups in total. The first-order valence-electron chi connectivity index (χ1n) is 10.5. The number of nitrogens with zero attached hydrogens (tertiary/aromatic N) is 2. The lowest BCUT2D eigenvalue weighted by atomic mass is 9.80. The van der Waals surface area contributed by atoms with Crippen molar-refractivity contribution >= 4 is 11.7 Å². The molecule has 1 aliphatic carbocycles. The molecule has 1 amide bonds. The van der Waals surface area contributed by atoms with Gasteiger partial charge in [-0.25, -0.2) is 4.98 Å². The van der Waals surface area contributed by atoms with Gasteiger partial charge >= 0.3 is 6.18 Å². The molecule has 1 aromatic heterocycles. The summed E-state index contributed by atoms with van der Waals surface area (Å²) in [6.07, 6.45) is 0.324. The lowest BCUT2D eigenvalue weighted by molar-refractivity contribution is -0.141. The summed E-state index contributed by atoms with van der Waals surface area (Å²) in [6, 6.07) is 2.22. The molecule has 2 rings (SSSR count). The van der Waals surface area contributed by atoms with Gasteiger partial charge in [-0.15, -0.1) is 0 Å². The van der Waals surface area contributed by atoms with E-state index in [4.69, 9.17) is 5.73 Å². The Kier molecular flexibility index (Phi) is 7.83. The Balaban J connectivity index is 2.31. The summed E-state index contributed by atoms with van der Waals surface area (Å²) in [6.45, 7) is 8.31. The molecule has 4 nitrogen and oxygen atoms in total. The van der Waals surface area contributed by atoms with E-state index >= 15 is 0 Å². The molecule has 29 heavy (non-hydrogen) atoms. The number of rotatable bonds is 8. The number of amidine groups is 1. The van der Waals surface area contributed by atoms with Crippen molar-refractivity contribution in [3.63, 3.8) is 0 Å². The number of hydrogen-bond acceptors (Lipinski definition) is 2. The average Bonchev–Trinajstić information content (AvgIpc) is 2.55. The first-order valence-corrected chi connectivity index (χ1v) is 10.5. The van der Waals surface area contributed by atoms with E-state index in [1.807, 2.05) is 0 Å². The molecule has 1 heterocycles. The van der Waals surface area contributed by atoms with Crippen LogP contribution in [0.1, 0.15) is 89.1 Å². The van der Waals surface area contributed by atoms with Gasteiger partial charge in [-0.1, -0.05) is 40.5 Å². The maximum atomic E-state index is 13.1. The molecule has 0 aliphatic heterocycles. The van der Waals surface area contributed by atoms with Crippen LogP contribution in [0, 0.1) is 17.8 Å². The van der Waals surface area contributed by atoms with E-state index in [9.17, 15) is 18.0 Å². The van der Waals surface area contributed by atoms with Crippen LogP contribution in [0.5, 0.6) is 0 Å². The highest BCUT2D eigenvalue weighted by atomic mass is 19.4. The van der Waals surface area contributed by atoms with Crippen LogP contribution in [-0.2, 0) is 11.0 Å². The van der Waals surface area contributed by atoms with Gasteiger partial charge in [0.25, 0.3) is 5.91 Å². The fraction of sp³-hybridized carbons (Fsp3) is 0.682. The molecule has 0 aromatic carbocycles. The Morgan fingerprint density at radius 1 is 1.17 bits per heavy atom. The van der Waals surface area contributed by atoms with Gasteiger partial charge in [0, 0.05) is 17.4 Å². The van der Waals surface area contributed by atoms with Crippen LogP contribution in [-0.4, -0.2) is 16.7 Å². The summed E-state index contributed by atoms with van der Waals surface area (Å²) >= 11 is 0. The van der Waals surface area contributed by atoms with Gasteiger partial charge in [0.2, 0.25) is 0 Å². The summed E-state index contributed by atoms with van der Waals surface area (Å²) < 4.78 is 39.3. The maximum Gasteiger partial charge on any atom is 0.433 e. The van der Waals surface area contributed by atoms with E-state index in [1.165, 1.54) is 6.07 Å². The zero-order valence-corrected chi connectivity index (χ0v) is 17.7. The van der Waals surface area contributed by atoms with E-state index in [0.717, 1.165) is 38.2 Å². The van der Waals surface area contributed by atoms with Crippen molar-refractivity contribution in [1.29, 1.82) is 0 Å². The molecule has 0 bridgehead atoms. The Bertz CT molecular complexity index is 737. The molecular weight excluding hydrogens is 379 g/mol. The third-order valence-electron chi connectivity index (χ3n) is 5.41. The molecule has 1 saturated carbocycles. The van der Waals surface area contributed by atoms with Crippen LogP contribution >= 0.6 is 0 Å². The first kappa shape index (κ1) is 23.4. The molecular formula is C22H32F3N3O. The Morgan fingerprint density at radius 2 is 1.83 bits per heavy atom.